The quantitative estimate of drug-likeness (QED) is 0.685. The van der Waals surface area contributed by atoms with E-state index in [1.165, 1.54) is 24.8 Å². The predicted octanol–water partition coefficient (Wildman–Crippen LogP) is 3.44. The SMILES string of the molecule is CCCCCNc1cc(C)nc(N2CCN(Cc3ccc4c(c3)OCO4)CC2)n1. The molecule has 4 rings (SSSR count). The van der Waals surface area contributed by atoms with Crippen molar-refractivity contribution in [1.82, 2.24) is 14.9 Å². The fraction of sp³-hybridized carbons (Fsp3) is 0.545. The largest absolute Gasteiger partial charge is 0.454 e. The molecule has 2 aromatic rings. The van der Waals surface area contributed by atoms with E-state index >= 15 is 0 Å². The Balaban J connectivity index is 1.31. The van der Waals surface area contributed by atoms with Crippen molar-refractivity contribution in [1.29, 1.82) is 0 Å². The highest BCUT2D eigenvalue weighted by Crippen LogP contribution is 2.32. The second-order valence-electron chi connectivity index (χ2n) is 7.78. The third-order valence-corrected chi connectivity index (χ3v) is 5.43. The van der Waals surface area contributed by atoms with Gasteiger partial charge in [0.1, 0.15) is 5.82 Å². The minimum atomic E-state index is 0.323. The Kier molecular flexibility index (Phi) is 6.34. The molecule has 0 radical (unpaired) electrons. The van der Waals surface area contributed by atoms with Gasteiger partial charge in [0.05, 0.1) is 0 Å². The number of aromatic nitrogens is 2. The van der Waals surface area contributed by atoms with Gasteiger partial charge in [0, 0.05) is 51.0 Å². The van der Waals surface area contributed by atoms with Gasteiger partial charge in [-0.2, -0.15) is 4.98 Å². The number of nitrogens with zero attached hydrogens (tertiary/aromatic N) is 4. The van der Waals surface area contributed by atoms with Crippen LogP contribution in [-0.4, -0.2) is 54.4 Å². The normalized spacial score (nSPS) is 16.3. The third kappa shape index (κ3) is 5.09. The summed E-state index contributed by atoms with van der Waals surface area (Å²) in [6.45, 7) is 10.3. The van der Waals surface area contributed by atoms with Crippen LogP contribution in [0.3, 0.4) is 0 Å². The lowest BCUT2D eigenvalue weighted by atomic mass is 10.1. The Hall–Kier alpha value is -2.54. The molecular weight excluding hydrogens is 366 g/mol. The van der Waals surface area contributed by atoms with Crippen molar-refractivity contribution in [2.24, 2.45) is 0 Å². The minimum Gasteiger partial charge on any atom is -0.454 e. The molecule has 0 aliphatic carbocycles. The second-order valence-corrected chi connectivity index (χ2v) is 7.78. The zero-order valence-electron chi connectivity index (χ0n) is 17.5. The molecule has 1 N–H and O–H groups in total. The number of rotatable bonds is 8. The van der Waals surface area contributed by atoms with Crippen LogP contribution in [0.5, 0.6) is 11.5 Å². The van der Waals surface area contributed by atoms with E-state index in [2.05, 4.69) is 39.2 Å². The van der Waals surface area contributed by atoms with Crippen molar-refractivity contribution in [3.8, 4) is 11.5 Å². The molecule has 1 aromatic carbocycles. The van der Waals surface area contributed by atoms with E-state index in [-0.39, 0.29) is 0 Å². The Morgan fingerprint density at radius 1 is 1.00 bits per heavy atom. The number of piperazine rings is 1. The summed E-state index contributed by atoms with van der Waals surface area (Å²) in [4.78, 5) is 14.2. The average molecular weight is 398 g/mol. The maximum absolute atomic E-state index is 5.50. The average Bonchev–Trinajstić information content (AvgIpc) is 3.19. The number of unbranched alkanes of at least 4 members (excludes halogenated alkanes) is 2. The lowest BCUT2D eigenvalue weighted by Crippen LogP contribution is -2.46. The van der Waals surface area contributed by atoms with Crippen LogP contribution in [0.2, 0.25) is 0 Å². The van der Waals surface area contributed by atoms with Gasteiger partial charge < -0.3 is 19.7 Å². The van der Waals surface area contributed by atoms with Gasteiger partial charge in [0.15, 0.2) is 11.5 Å². The first-order valence-electron chi connectivity index (χ1n) is 10.7. The van der Waals surface area contributed by atoms with Crippen molar-refractivity contribution in [3.05, 3.63) is 35.5 Å². The van der Waals surface area contributed by atoms with Crippen LogP contribution in [0.25, 0.3) is 0 Å². The molecule has 0 atom stereocenters. The van der Waals surface area contributed by atoms with Gasteiger partial charge >= 0.3 is 0 Å². The molecule has 2 aliphatic rings. The molecule has 0 spiro atoms. The fourth-order valence-electron chi connectivity index (χ4n) is 3.78. The zero-order chi connectivity index (χ0) is 20.1. The molecule has 29 heavy (non-hydrogen) atoms. The number of benzene rings is 1. The van der Waals surface area contributed by atoms with E-state index in [4.69, 9.17) is 14.5 Å². The van der Waals surface area contributed by atoms with E-state index in [0.717, 1.165) is 68.2 Å². The van der Waals surface area contributed by atoms with Crippen LogP contribution in [0.4, 0.5) is 11.8 Å². The maximum Gasteiger partial charge on any atom is 0.231 e. The van der Waals surface area contributed by atoms with Crippen molar-refractivity contribution in [2.45, 2.75) is 39.7 Å². The summed E-state index contributed by atoms with van der Waals surface area (Å²) in [6.07, 6.45) is 3.65. The molecule has 1 fully saturated rings. The molecule has 156 valence electrons. The van der Waals surface area contributed by atoms with Crippen LogP contribution >= 0.6 is 0 Å². The molecule has 3 heterocycles. The molecule has 2 aliphatic heterocycles. The van der Waals surface area contributed by atoms with E-state index < -0.39 is 0 Å². The smallest absolute Gasteiger partial charge is 0.231 e. The van der Waals surface area contributed by atoms with Crippen LogP contribution in [0, 0.1) is 6.92 Å². The molecule has 0 amide bonds. The molecule has 7 nitrogen and oxygen atoms in total. The number of ether oxygens (including phenoxy) is 2. The lowest BCUT2D eigenvalue weighted by Gasteiger charge is -2.35. The standard InChI is InChI=1S/C22H31N5O2/c1-3-4-5-8-23-21-13-17(2)24-22(25-21)27-11-9-26(10-12-27)15-18-6-7-19-20(14-18)29-16-28-19/h6-7,13-14H,3-5,8-12,15-16H2,1-2H3,(H,23,24,25). The number of hydrogen-bond donors (Lipinski definition) is 1. The van der Waals surface area contributed by atoms with Gasteiger partial charge in [0.25, 0.3) is 0 Å². The predicted molar refractivity (Wildman–Crippen MR) is 115 cm³/mol. The van der Waals surface area contributed by atoms with Gasteiger partial charge in [-0.3, -0.25) is 4.90 Å². The molecule has 1 saturated heterocycles. The Morgan fingerprint density at radius 3 is 2.66 bits per heavy atom. The van der Waals surface area contributed by atoms with Crippen LogP contribution in [-0.2, 0) is 6.54 Å². The number of hydrogen-bond acceptors (Lipinski definition) is 7. The third-order valence-electron chi connectivity index (χ3n) is 5.43. The van der Waals surface area contributed by atoms with Crippen LogP contribution in [0.1, 0.15) is 37.4 Å². The highest BCUT2D eigenvalue weighted by molar-refractivity contribution is 5.45. The number of anilines is 2. The summed E-state index contributed by atoms with van der Waals surface area (Å²) in [5.41, 5.74) is 2.27. The number of aryl methyl sites for hydroxylation is 1. The molecule has 0 saturated carbocycles. The first kappa shape index (κ1) is 19.8. The van der Waals surface area contributed by atoms with Crippen molar-refractivity contribution >= 4 is 11.8 Å². The molecular formula is C22H31N5O2. The molecule has 1 aromatic heterocycles. The Bertz CT molecular complexity index is 821. The topological polar surface area (TPSA) is 62.8 Å². The van der Waals surface area contributed by atoms with Gasteiger partial charge in [0.2, 0.25) is 12.7 Å². The lowest BCUT2D eigenvalue weighted by molar-refractivity contribution is 0.174. The summed E-state index contributed by atoms with van der Waals surface area (Å²) in [6, 6.07) is 8.25. The summed E-state index contributed by atoms with van der Waals surface area (Å²) >= 11 is 0. The molecule has 0 unspecified atom stereocenters. The summed E-state index contributed by atoms with van der Waals surface area (Å²) in [5, 5.41) is 3.45. The number of fused-ring (bicyclic) bond motifs is 1. The zero-order valence-corrected chi connectivity index (χ0v) is 17.5. The summed E-state index contributed by atoms with van der Waals surface area (Å²) in [7, 11) is 0. The number of nitrogens with one attached hydrogen (secondary N) is 1. The monoisotopic (exact) mass is 397 g/mol. The van der Waals surface area contributed by atoms with Crippen molar-refractivity contribution in [2.75, 3.05) is 49.7 Å². The first-order chi connectivity index (χ1) is 14.2. The van der Waals surface area contributed by atoms with Gasteiger partial charge in [-0.25, -0.2) is 4.98 Å². The van der Waals surface area contributed by atoms with Crippen LogP contribution < -0.4 is 19.7 Å². The highest BCUT2D eigenvalue weighted by atomic mass is 16.7. The van der Waals surface area contributed by atoms with Crippen LogP contribution in [0.15, 0.2) is 24.3 Å². The molecule has 7 heteroatoms. The van der Waals surface area contributed by atoms with Crippen molar-refractivity contribution < 1.29 is 9.47 Å². The first-order valence-corrected chi connectivity index (χ1v) is 10.7. The minimum absolute atomic E-state index is 0.323. The fourth-order valence-corrected chi connectivity index (χ4v) is 3.78. The summed E-state index contributed by atoms with van der Waals surface area (Å²) < 4.78 is 10.9. The van der Waals surface area contributed by atoms with E-state index in [0.29, 0.717) is 6.79 Å². The molecule has 0 bridgehead atoms. The van der Waals surface area contributed by atoms with Gasteiger partial charge in [-0.05, 0) is 31.0 Å². The second kappa shape index (κ2) is 9.31. The van der Waals surface area contributed by atoms with E-state index in [1.807, 2.05) is 19.1 Å². The van der Waals surface area contributed by atoms with Crippen molar-refractivity contribution in [3.63, 3.8) is 0 Å². The maximum atomic E-state index is 5.50. The Morgan fingerprint density at radius 2 is 1.83 bits per heavy atom. The van der Waals surface area contributed by atoms with Gasteiger partial charge in [-0.1, -0.05) is 25.8 Å². The summed E-state index contributed by atoms with van der Waals surface area (Å²) in [5.74, 6) is 3.47. The highest BCUT2D eigenvalue weighted by Gasteiger charge is 2.21. The van der Waals surface area contributed by atoms with E-state index in [9.17, 15) is 0 Å². The Labute approximate surface area is 173 Å². The van der Waals surface area contributed by atoms with Gasteiger partial charge in [-0.15, -0.1) is 0 Å². The van der Waals surface area contributed by atoms with E-state index in [1.54, 1.807) is 0 Å².